The molecular formula is C36H21F5N4. The van der Waals surface area contributed by atoms with E-state index in [2.05, 4.69) is 16.0 Å². The molecule has 4 aromatic carbocycles. The summed E-state index contributed by atoms with van der Waals surface area (Å²) >= 11 is 0. The molecule has 0 radical (unpaired) electrons. The number of halogens is 5. The molecule has 0 aliphatic heterocycles. The average Bonchev–Trinajstić information content (AvgIpc) is 3.59. The fraction of sp³-hybridized carbons (Fsp3) is 0.0556. The van der Waals surface area contributed by atoms with Gasteiger partial charge in [-0.25, -0.2) is 13.8 Å². The molecule has 0 atom stereocenters. The van der Waals surface area contributed by atoms with Crippen LogP contribution >= 0.6 is 0 Å². The highest BCUT2D eigenvalue weighted by Gasteiger charge is 2.33. The van der Waals surface area contributed by atoms with E-state index in [1.54, 1.807) is 35.3 Å². The number of rotatable bonds is 3. The second kappa shape index (κ2) is 9.72. The van der Waals surface area contributed by atoms with Crippen molar-refractivity contribution in [2.75, 3.05) is 0 Å². The predicted molar refractivity (Wildman–Crippen MR) is 166 cm³/mol. The van der Waals surface area contributed by atoms with Crippen molar-refractivity contribution in [2.45, 2.75) is 13.1 Å². The first-order valence-electron chi connectivity index (χ1n) is 14.1. The van der Waals surface area contributed by atoms with Crippen molar-refractivity contribution in [2.24, 2.45) is 0 Å². The lowest BCUT2D eigenvalue weighted by molar-refractivity contribution is -0.136. The van der Waals surface area contributed by atoms with Crippen LogP contribution < -0.4 is 0 Å². The van der Waals surface area contributed by atoms with Crippen LogP contribution in [-0.2, 0) is 6.18 Å². The Kier molecular flexibility index (Phi) is 5.83. The van der Waals surface area contributed by atoms with Crippen LogP contribution in [0.1, 0.15) is 11.1 Å². The van der Waals surface area contributed by atoms with Crippen LogP contribution in [0.15, 0.2) is 110 Å². The molecule has 0 bridgehead atoms. The summed E-state index contributed by atoms with van der Waals surface area (Å²) in [6.45, 7) is 1.96. The van der Waals surface area contributed by atoms with Crippen LogP contribution in [0, 0.1) is 18.6 Å². The van der Waals surface area contributed by atoms with Crippen molar-refractivity contribution in [3.05, 3.63) is 132 Å². The Morgan fingerprint density at radius 1 is 0.689 bits per heavy atom. The number of alkyl halides is 3. The Bertz CT molecular complexity index is 2470. The van der Waals surface area contributed by atoms with E-state index in [4.69, 9.17) is 0 Å². The van der Waals surface area contributed by atoms with Gasteiger partial charge in [0.05, 0.1) is 33.3 Å². The zero-order valence-electron chi connectivity index (χ0n) is 23.6. The van der Waals surface area contributed by atoms with E-state index < -0.39 is 23.4 Å². The standard InChI is InChI=1S/C36H21F5N4/c1-20-6-4-9-24-26(23-14-22-7-2-3-11-31(22)42-17-23)18-45(35(20)24)44-19-27(25-15-29(37)30(38)16-33(25)44)32-13-12-21-8-5-10-28(34(21)43-32)36(39,40)41/h2-19H,1H3. The number of aromatic nitrogens is 4. The third-order valence-corrected chi connectivity index (χ3v) is 8.27. The molecule has 0 amide bonds. The molecule has 45 heavy (non-hydrogen) atoms. The lowest BCUT2D eigenvalue weighted by Crippen LogP contribution is -2.07. The van der Waals surface area contributed by atoms with Gasteiger partial charge < -0.3 is 0 Å². The van der Waals surface area contributed by atoms with Gasteiger partial charge in [-0.3, -0.25) is 14.3 Å². The van der Waals surface area contributed by atoms with Crippen molar-refractivity contribution in [3.63, 3.8) is 0 Å². The molecule has 4 nitrogen and oxygen atoms in total. The van der Waals surface area contributed by atoms with Crippen LogP contribution in [0.2, 0.25) is 0 Å². The van der Waals surface area contributed by atoms with E-state index in [0.29, 0.717) is 21.9 Å². The van der Waals surface area contributed by atoms with Crippen LogP contribution in [0.3, 0.4) is 0 Å². The molecule has 4 aromatic heterocycles. The van der Waals surface area contributed by atoms with Crippen molar-refractivity contribution in [1.82, 2.24) is 19.3 Å². The molecule has 0 unspecified atom stereocenters. The number of hydrogen-bond acceptors (Lipinski definition) is 2. The summed E-state index contributed by atoms with van der Waals surface area (Å²) in [7, 11) is 0. The Labute approximate surface area is 252 Å². The Morgan fingerprint density at radius 3 is 2.29 bits per heavy atom. The summed E-state index contributed by atoms with van der Waals surface area (Å²) in [5.41, 5.74) is 4.12. The maximum atomic E-state index is 14.8. The summed E-state index contributed by atoms with van der Waals surface area (Å²) in [5, 5.41) is 2.50. The molecule has 220 valence electrons. The molecule has 0 N–H and O–H groups in total. The Balaban J connectivity index is 1.41. The minimum Gasteiger partial charge on any atom is -0.256 e. The second-order valence-corrected chi connectivity index (χ2v) is 11.0. The van der Waals surface area contributed by atoms with Crippen molar-refractivity contribution < 1.29 is 22.0 Å². The smallest absolute Gasteiger partial charge is 0.256 e. The van der Waals surface area contributed by atoms with Gasteiger partial charge in [0.15, 0.2) is 11.6 Å². The van der Waals surface area contributed by atoms with E-state index in [0.717, 1.165) is 56.7 Å². The molecule has 4 heterocycles. The van der Waals surface area contributed by atoms with Gasteiger partial charge in [0.1, 0.15) is 0 Å². The lowest BCUT2D eigenvalue weighted by Gasteiger charge is -2.11. The first kappa shape index (κ1) is 27.0. The van der Waals surface area contributed by atoms with Crippen molar-refractivity contribution >= 4 is 43.6 Å². The quantitative estimate of drug-likeness (QED) is 0.188. The number of fused-ring (bicyclic) bond motifs is 4. The number of pyridine rings is 2. The predicted octanol–water partition coefficient (Wildman–Crippen LogP) is 9.94. The maximum Gasteiger partial charge on any atom is 0.418 e. The molecule has 0 spiro atoms. The third kappa shape index (κ3) is 4.26. The van der Waals surface area contributed by atoms with Crippen LogP contribution in [-0.4, -0.2) is 19.3 Å². The molecule has 9 heteroatoms. The number of para-hydroxylation sites is 3. The normalized spacial score (nSPS) is 12.2. The minimum atomic E-state index is -4.62. The van der Waals surface area contributed by atoms with E-state index in [1.807, 2.05) is 60.3 Å². The fourth-order valence-corrected chi connectivity index (χ4v) is 6.17. The van der Waals surface area contributed by atoms with E-state index in [1.165, 1.54) is 6.07 Å². The van der Waals surface area contributed by atoms with Crippen LogP contribution in [0.5, 0.6) is 0 Å². The van der Waals surface area contributed by atoms with Crippen molar-refractivity contribution in [1.29, 1.82) is 0 Å². The first-order valence-corrected chi connectivity index (χ1v) is 14.1. The number of benzene rings is 4. The molecule has 0 aliphatic carbocycles. The number of nitrogens with zero attached hydrogens (tertiary/aromatic N) is 4. The number of hydrogen-bond donors (Lipinski definition) is 0. The van der Waals surface area contributed by atoms with Gasteiger partial charge in [-0.05, 0) is 42.8 Å². The summed E-state index contributed by atoms with van der Waals surface area (Å²) in [6, 6.07) is 24.9. The topological polar surface area (TPSA) is 35.6 Å². The van der Waals surface area contributed by atoms with Gasteiger partial charge >= 0.3 is 6.18 Å². The first-order chi connectivity index (χ1) is 21.7. The minimum absolute atomic E-state index is 0.195. The Hall–Kier alpha value is -5.57. The number of aryl methyl sites for hydroxylation is 1. The summed E-state index contributed by atoms with van der Waals surface area (Å²) < 4.78 is 74.8. The van der Waals surface area contributed by atoms with Gasteiger partial charge in [0.25, 0.3) is 0 Å². The SMILES string of the molecule is Cc1cccc2c(-c3cnc4ccccc4c3)cn(-n3cc(-c4ccc5cccc(C(F)(F)F)c5n4)c4cc(F)c(F)cc43)c12. The Morgan fingerprint density at radius 2 is 1.44 bits per heavy atom. The largest absolute Gasteiger partial charge is 0.418 e. The van der Waals surface area contributed by atoms with E-state index in [-0.39, 0.29) is 11.2 Å². The highest BCUT2D eigenvalue weighted by atomic mass is 19.4. The molecule has 8 rings (SSSR count). The molecule has 0 aliphatic rings. The molecule has 0 fully saturated rings. The summed E-state index contributed by atoms with van der Waals surface area (Å²) in [4.78, 5) is 9.05. The highest BCUT2D eigenvalue weighted by molar-refractivity contribution is 6.01. The van der Waals surface area contributed by atoms with Gasteiger partial charge in [-0.1, -0.05) is 54.6 Å². The van der Waals surface area contributed by atoms with E-state index in [9.17, 15) is 22.0 Å². The zero-order valence-corrected chi connectivity index (χ0v) is 23.6. The van der Waals surface area contributed by atoms with Gasteiger partial charge in [0, 0.05) is 62.9 Å². The van der Waals surface area contributed by atoms with Gasteiger partial charge in [0.2, 0.25) is 0 Å². The molecule has 0 saturated carbocycles. The lowest BCUT2D eigenvalue weighted by atomic mass is 10.0. The summed E-state index contributed by atoms with van der Waals surface area (Å²) in [6.07, 6.45) is 0.741. The average molecular weight is 605 g/mol. The molecular weight excluding hydrogens is 583 g/mol. The van der Waals surface area contributed by atoms with E-state index >= 15 is 0 Å². The van der Waals surface area contributed by atoms with Gasteiger partial charge in [-0.15, -0.1) is 0 Å². The van der Waals surface area contributed by atoms with Gasteiger partial charge in [-0.2, -0.15) is 13.2 Å². The maximum absolute atomic E-state index is 14.8. The van der Waals surface area contributed by atoms with Crippen LogP contribution in [0.25, 0.3) is 66.0 Å². The highest BCUT2D eigenvalue weighted by Crippen LogP contribution is 2.39. The summed E-state index contributed by atoms with van der Waals surface area (Å²) in [5.74, 6) is -2.12. The van der Waals surface area contributed by atoms with Crippen LogP contribution in [0.4, 0.5) is 22.0 Å². The monoisotopic (exact) mass is 604 g/mol. The zero-order chi connectivity index (χ0) is 31.0. The third-order valence-electron chi connectivity index (χ3n) is 8.27. The molecule has 8 aromatic rings. The van der Waals surface area contributed by atoms with Crippen molar-refractivity contribution in [3.8, 4) is 22.4 Å². The second-order valence-electron chi connectivity index (χ2n) is 11.0. The fourth-order valence-electron chi connectivity index (χ4n) is 6.17. The molecule has 0 saturated heterocycles.